The summed E-state index contributed by atoms with van der Waals surface area (Å²) in [7, 11) is 0. The summed E-state index contributed by atoms with van der Waals surface area (Å²) in [5.74, 6) is -0.0637. The lowest BCUT2D eigenvalue weighted by molar-refractivity contribution is -0.143. The monoisotopic (exact) mass is 184 g/mol. The fourth-order valence-electron chi connectivity index (χ4n) is 1.14. The first kappa shape index (κ1) is 12.2. The van der Waals surface area contributed by atoms with Crippen LogP contribution in [0, 0.1) is 0 Å². The SMILES string of the molecule is C=CCCCCCCC(=O)OCC. The predicted molar refractivity (Wildman–Crippen MR) is 54.5 cm³/mol. The maximum Gasteiger partial charge on any atom is 0.305 e. The van der Waals surface area contributed by atoms with Crippen molar-refractivity contribution in [2.24, 2.45) is 0 Å². The highest BCUT2D eigenvalue weighted by Crippen LogP contribution is 2.06. The molecule has 0 radical (unpaired) electrons. The molecule has 0 aromatic carbocycles. The largest absolute Gasteiger partial charge is 0.466 e. The summed E-state index contributed by atoms with van der Waals surface area (Å²) in [6, 6.07) is 0. The number of rotatable bonds is 8. The van der Waals surface area contributed by atoms with Gasteiger partial charge in [-0.1, -0.05) is 18.9 Å². The van der Waals surface area contributed by atoms with E-state index >= 15 is 0 Å². The van der Waals surface area contributed by atoms with Gasteiger partial charge in [0.25, 0.3) is 0 Å². The van der Waals surface area contributed by atoms with Gasteiger partial charge in [0.1, 0.15) is 0 Å². The quantitative estimate of drug-likeness (QED) is 0.329. The van der Waals surface area contributed by atoms with Crippen LogP contribution in [0.2, 0.25) is 0 Å². The summed E-state index contributed by atoms with van der Waals surface area (Å²) in [4.78, 5) is 10.9. The molecule has 0 aliphatic rings. The summed E-state index contributed by atoms with van der Waals surface area (Å²) < 4.78 is 4.81. The Balaban J connectivity index is 3.06. The molecular weight excluding hydrogens is 164 g/mol. The molecule has 0 aromatic rings. The second-order valence-corrected chi connectivity index (χ2v) is 3.05. The number of hydrogen-bond donors (Lipinski definition) is 0. The Kier molecular flexibility index (Phi) is 8.73. The molecule has 2 nitrogen and oxygen atoms in total. The molecule has 0 heterocycles. The van der Waals surface area contributed by atoms with Gasteiger partial charge in [0.15, 0.2) is 0 Å². The molecule has 0 saturated carbocycles. The molecule has 0 rings (SSSR count). The van der Waals surface area contributed by atoms with Gasteiger partial charge in [-0.3, -0.25) is 4.79 Å². The number of carbonyl (C=O) groups excluding carboxylic acids is 1. The van der Waals surface area contributed by atoms with E-state index in [2.05, 4.69) is 6.58 Å². The van der Waals surface area contributed by atoms with E-state index in [0.717, 1.165) is 19.3 Å². The fraction of sp³-hybridized carbons (Fsp3) is 0.727. The Morgan fingerprint density at radius 3 is 2.62 bits per heavy atom. The second kappa shape index (κ2) is 9.30. The lowest BCUT2D eigenvalue weighted by Crippen LogP contribution is -2.02. The highest BCUT2D eigenvalue weighted by Gasteiger charge is 1.99. The zero-order valence-corrected chi connectivity index (χ0v) is 8.55. The lowest BCUT2D eigenvalue weighted by atomic mass is 10.1. The van der Waals surface area contributed by atoms with Crippen molar-refractivity contribution in [3.8, 4) is 0 Å². The normalized spacial score (nSPS) is 9.62. The molecule has 0 unspecified atom stereocenters. The lowest BCUT2D eigenvalue weighted by Gasteiger charge is -2.00. The third kappa shape index (κ3) is 9.12. The van der Waals surface area contributed by atoms with Gasteiger partial charge < -0.3 is 4.74 Å². The highest BCUT2D eigenvalue weighted by atomic mass is 16.5. The molecule has 76 valence electrons. The molecule has 0 aromatic heterocycles. The van der Waals surface area contributed by atoms with E-state index in [1.807, 2.05) is 13.0 Å². The molecule has 0 amide bonds. The van der Waals surface area contributed by atoms with Crippen LogP contribution in [-0.2, 0) is 9.53 Å². The van der Waals surface area contributed by atoms with E-state index in [9.17, 15) is 4.79 Å². The van der Waals surface area contributed by atoms with Crippen molar-refractivity contribution in [2.75, 3.05) is 6.61 Å². The minimum absolute atomic E-state index is 0.0637. The van der Waals surface area contributed by atoms with Gasteiger partial charge in [-0.2, -0.15) is 0 Å². The first-order valence-electron chi connectivity index (χ1n) is 5.07. The molecule has 0 aliphatic carbocycles. The third-order valence-corrected chi connectivity index (χ3v) is 1.84. The van der Waals surface area contributed by atoms with Gasteiger partial charge in [-0.15, -0.1) is 6.58 Å². The standard InChI is InChI=1S/C11H20O2/c1-3-5-6-7-8-9-10-11(12)13-4-2/h3H,1,4-10H2,2H3. The molecule has 0 spiro atoms. The Morgan fingerprint density at radius 2 is 2.00 bits per heavy atom. The maximum atomic E-state index is 10.9. The number of ether oxygens (including phenoxy) is 1. The van der Waals surface area contributed by atoms with Crippen LogP contribution in [0.15, 0.2) is 12.7 Å². The van der Waals surface area contributed by atoms with E-state index in [0.29, 0.717) is 13.0 Å². The molecule has 13 heavy (non-hydrogen) atoms. The molecule has 0 saturated heterocycles. The van der Waals surface area contributed by atoms with Crippen molar-refractivity contribution >= 4 is 5.97 Å². The molecule has 0 N–H and O–H groups in total. The van der Waals surface area contributed by atoms with Crippen molar-refractivity contribution in [1.82, 2.24) is 0 Å². The number of hydrogen-bond acceptors (Lipinski definition) is 2. The molecule has 0 fully saturated rings. The van der Waals surface area contributed by atoms with Crippen molar-refractivity contribution in [2.45, 2.75) is 45.4 Å². The maximum absolute atomic E-state index is 10.9. The minimum atomic E-state index is -0.0637. The van der Waals surface area contributed by atoms with Gasteiger partial charge in [0, 0.05) is 6.42 Å². The molecule has 2 heteroatoms. The zero-order chi connectivity index (χ0) is 9.94. The van der Waals surface area contributed by atoms with Crippen LogP contribution in [0.4, 0.5) is 0 Å². The van der Waals surface area contributed by atoms with E-state index in [1.165, 1.54) is 12.8 Å². The van der Waals surface area contributed by atoms with Crippen LogP contribution in [0.25, 0.3) is 0 Å². The first-order valence-corrected chi connectivity index (χ1v) is 5.07. The van der Waals surface area contributed by atoms with Gasteiger partial charge in [0.05, 0.1) is 6.61 Å². The molecule has 0 bridgehead atoms. The van der Waals surface area contributed by atoms with E-state index in [4.69, 9.17) is 4.74 Å². The van der Waals surface area contributed by atoms with Crippen LogP contribution in [0.1, 0.15) is 45.4 Å². The van der Waals surface area contributed by atoms with Crippen LogP contribution in [0.5, 0.6) is 0 Å². The Bertz CT molecular complexity index is 141. The third-order valence-electron chi connectivity index (χ3n) is 1.84. The van der Waals surface area contributed by atoms with Crippen LogP contribution >= 0.6 is 0 Å². The molecule has 0 aliphatic heterocycles. The van der Waals surface area contributed by atoms with Crippen LogP contribution < -0.4 is 0 Å². The number of esters is 1. The summed E-state index contributed by atoms with van der Waals surface area (Å²) >= 11 is 0. The van der Waals surface area contributed by atoms with Crippen molar-refractivity contribution in [3.05, 3.63) is 12.7 Å². The minimum Gasteiger partial charge on any atom is -0.466 e. The fourth-order valence-corrected chi connectivity index (χ4v) is 1.14. The van der Waals surface area contributed by atoms with Crippen molar-refractivity contribution in [1.29, 1.82) is 0 Å². The first-order chi connectivity index (χ1) is 6.31. The smallest absolute Gasteiger partial charge is 0.305 e. The highest BCUT2D eigenvalue weighted by molar-refractivity contribution is 5.69. The average molecular weight is 184 g/mol. The Labute approximate surface area is 81.0 Å². The number of unbranched alkanes of at least 4 members (excludes halogenated alkanes) is 4. The Morgan fingerprint density at radius 1 is 1.31 bits per heavy atom. The average Bonchev–Trinajstić information content (AvgIpc) is 2.11. The molecular formula is C11H20O2. The van der Waals surface area contributed by atoms with Crippen molar-refractivity contribution < 1.29 is 9.53 Å². The number of carbonyl (C=O) groups is 1. The summed E-state index contributed by atoms with van der Waals surface area (Å²) in [5.41, 5.74) is 0. The van der Waals surface area contributed by atoms with Crippen LogP contribution in [0.3, 0.4) is 0 Å². The zero-order valence-electron chi connectivity index (χ0n) is 8.55. The number of allylic oxidation sites excluding steroid dienone is 1. The summed E-state index contributed by atoms with van der Waals surface area (Å²) in [6.45, 7) is 5.99. The van der Waals surface area contributed by atoms with Gasteiger partial charge >= 0.3 is 5.97 Å². The summed E-state index contributed by atoms with van der Waals surface area (Å²) in [6.07, 6.45) is 8.03. The topological polar surface area (TPSA) is 26.3 Å². The van der Waals surface area contributed by atoms with Gasteiger partial charge in [0.2, 0.25) is 0 Å². The van der Waals surface area contributed by atoms with Crippen LogP contribution in [-0.4, -0.2) is 12.6 Å². The second-order valence-electron chi connectivity index (χ2n) is 3.05. The van der Waals surface area contributed by atoms with E-state index < -0.39 is 0 Å². The predicted octanol–water partition coefficient (Wildman–Crippen LogP) is 3.08. The molecule has 0 atom stereocenters. The van der Waals surface area contributed by atoms with Crippen molar-refractivity contribution in [3.63, 3.8) is 0 Å². The Hall–Kier alpha value is -0.790. The van der Waals surface area contributed by atoms with E-state index in [1.54, 1.807) is 0 Å². The van der Waals surface area contributed by atoms with Gasteiger partial charge in [-0.05, 0) is 26.2 Å². The van der Waals surface area contributed by atoms with E-state index in [-0.39, 0.29) is 5.97 Å². The van der Waals surface area contributed by atoms with Gasteiger partial charge in [-0.25, -0.2) is 0 Å². The summed E-state index contributed by atoms with van der Waals surface area (Å²) in [5, 5.41) is 0.